The molecule has 2 aromatic rings. The van der Waals surface area contributed by atoms with Gasteiger partial charge in [0, 0.05) is 12.0 Å². The Labute approximate surface area is 110 Å². The Kier molecular flexibility index (Phi) is 3.35. The second-order valence-electron chi connectivity index (χ2n) is 3.74. The van der Waals surface area contributed by atoms with Gasteiger partial charge in [0.1, 0.15) is 11.0 Å². The van der Waals surface area contributed by atoms with Crippen LogP contribution in [0, 0.1) is 13.8 Å². The van der Waals surface area contributed by atoms with Crippen molar-refractivity contribution in [2.45, 2.75) is 27.2 Å². The van der Waals surface area contributed by atoms with Crippen molar-refractivity contribution in [3.05, 3.63) is 33.5 Å². The van der Waals surface area contributed by atoms with Crippen LogP contribution in [0.2, 0.25) is 10.2 Å². The fourth-order valence-corrected chi connectivity index (χ4v) is 1.76. The summed E-state index contributed by atoms with van der Waals surface area (Å²) in [6, 6.07) is 0. The maximum atomic E-state index is 6.07. The Hall–Kier alpha value is -1.13. The van der Waals surface area contributed by atoms with Crippen molar-refractivity contribution >= 4 is 23.2 Å². The van der Waals surface area contributed by atoms with E-state index < -0.39 is 0 Å². The van der Waals surface area contributed by atoms with Crippen molar-refractivity contribution in [2.24, 2.45) is 0 Å². The van der Waals surface area contributed by atoms with Crippen molar-refractivity contribution in [3.63, 3.8) is 0 Å². The third-order valence-corrected chi connectivity index (χ3v) is 3.22. The number of nitrogens with zero attached hydrogens (tertiary/aromatic N) is 4. The Morgan fingerprint density at radius 1 is 1.24 bits per heavy atom. The summed E-state index contributed by atoms with van der Waals surface area (Å²) in [6.45, 7) is 5.69. The number of aryl methyl sites for hydroxylation is 2. The summed E-state index contributed by atoms with van der Waals surface area (Å²) in [4.78, 5) is 8.61. The lowest BCUT2D eigenvalue weighted by molar-refractivity contribution is 0.794. The third kappa shape index (κ3) is 2.28. The van der Waals surface area contributed by atoms with Crippen LogP contribution in [0.4, 0.5) is 0 Å². The van der Waals surface area contributed by atoms with Crippen LogP contribution in [-0.2, 0) is 6.42 Å². The van der Waals surface area contributed by atoms with Crippen LogP contribution in [0.1, 0.15) is 24.0 Å². The van der Waals surface area contributed by atoms with Crippen LogP contribution in [0.25, 0.3) is 5.82 Å². The minimum Gasteiger partial charge on any atom is -0.221 e. The Morgan fingerprint density at radius 3 is 2.47 bits per heavy atom. The van der Waals surface area contributed by atoms with Crippen LogP contribution in [0.5, 0.6) is 0 Å². The fourth-order valence-electron chi connectivity index (χ4n) is 1.45. The molecule has 0 bridgehead atoms. The van der Waals surface area contributed by atoms with Gasteiger partial charge in [-0.2, -0.15) is 5.10 Å². The zero-order valence-electron chi connectivity index (χ0n) is 9.83. The largest absolute Gasteiger partial charge is 0.221 e. The Balaban J connectivity index is 2.61. The number of aromatic nitrogens is 4. The highest BCUT2D eigenvalue weighted by atomic mass is 35.5. The molecule has 2 heterocycles. The first-order valence-electron chi connectivity index (χ1n) is 5.28. The molecule has 0 N–H and O–H groups in total. The molecule has 0 spiro atoms. The SMILES string of the molecule is CCc1nc(Cl)c(C)c(-n2cc(Cl)c(C)n2)n1. The molecule has 2 aromatic heterocycles. The average molecular weight is 271 g/mol. The maximum Gasteiger partial charge on any atom is 0.161 e. The molecule has 0 amide bonds. The molecule has 0 radical (unpaired) electrons. The molecule has 0 saturated heterocycles. The van der Waals surface area contributed by atoms with Gasteiger partial charge in [0.05, 0.1) is 16.9 Å². The van der Waals surface area contributed by atoms with Crippen molar-refractivity contribution < 1.29 is 0 Å². The standard InChI is InChI=1S/C11H12Cl2N4/c1-4-9-14-10(13)6(2)11(15-9)17-5-8(12)7(3)16-17/h5H,4H2,1-3H3. The molecule has 0 unspecified atom stereocenters. The van der Waals surface area contributed by atoms with Gasteiger partial charge in [0.15, 0.2) is 5.82 Å². The van der Waals surface area contributed by atoms with Crippen molar-refractivity contribution in [3.8, 4) is 5.82 Å². The van der Waals surface area contributed by atoms with Gasteiger partial charge < -0.3 is 0 Å². The van der Waals surface area contributed by atoms with Crippen LogP contribution < -0.4 is 0 Å². The quantitative estimate of drug-likeness (QED) is 0.788. The molecule has 6 heteroatoms. The molecule has 0 fully saturated rings. The average Bonchev–Trinajstić information content (AvgIpc) is 2.62. The first kappa shape index (κ1) is 12.3. The lowest BCUT2D eigenvalue weighted by atomic mass is 10.3. The van der Waals surface area contributed by atoms with E-state index in [1.165, 1.54) is 0 Å². The second kappa shape index (κ2) is 4.63. The summed E-state index contributed by atoms with van der Waals surface area (Å²) in [5.41, 5.74) is 1.56. The van der Waals surface area contributed by atoms with E-state index in [1.807, 2.05) is 20.8 Å². The van der Waals surface area contributed by atoms with E-state index in [2.05, 4.69) is 15.1 Å². The first-order chi connectivity index (χ1) is 8.02. The number of hydrogen-bond donors (Lipinski definition) is 0. The highest BCUT2D eigenvalue weighted by Gasteiger charge is 2.12. The molecule has 0 aliphatic carbocycles. The molecule has 0 atom stereocenters. The van der Waals surface area contributed by atoms with Crippen LogP contribution in [0.15, 0.2) is 6.20 Å². The molecule has 90 valence electrons. The van der Waals surface area contributed by atoms with E-state index in [0.717, 1.165) is 17.7 Å². The molecule has 17 heavy (non-hydrogen) atoms. The van der Waals surface area contributed by atoms with Gasteiger partial charge >= 0.3 is 0 Å². The molecular weight excluding hydrogens is 259 g/mol. The zero-order chi connectivity index (χ0) is 12.6. The van der Waals surface area contributed by atoms with Crippen molar-refractivity contribution in [1.29, 1.82) is 0 Å². The molecule has 4 nitrogen and oxygen atoms in total. The monoisotopic (exact) mass is 270 g/mol. The molecule has 0 saturated carbocycles. The molecule has 0 aromatic carbocycles. The fraction of sp³-hybridized carbons (Fsp3) is 0.364. The van der Waals surface area contributed by atoms with E-state index in [0.29, 0.717) is 21.8 Å². The topological polar surface area (TPSA) is 43.6 Å². The lowest BCUT2D eigenvalue weighted by Gasteiger charge is -2.07. The first-order valence-corrected chi connectivity index (χ1v) is 6.03. The minimum absolute atomic E-state index is 0.455. The second-order valence-corrected chi connectivity index (χ2v) is 4.51. The maximum absolute atomic E-state index is 6.07. The summed E-state index contributed by atoms with van der Waals surface area (Å²) >= 11 is 12.1. The summed E-state index contributed by atoms with van der Waals surface area (Å²) in [5.74, 6) is 1.37. The zero-order valence-corrected chi connectivity index (χ0v) is 11.3. The predicted octanol–water partition coefficient (Wildman–Crippen LogP) is 3.15. The molecule has 0 aliphatic rings. The van der Waals surface area contributed by atoms with E-state index in [4.69, 9.17) is 23.2 Å². The van der Waals surface area contributed by atoms with Crippen LogP contribution >= 0.6 is 23.2 Å². The van der Waals surface area contributed by atoms with Crippen LogP contribution in [0.3, 0.4) is 0 Å². The Bertz CT molecular complexity index is 543. The molecular formula is C11H12Cl2N4. The summed E-state index contributed by atoms with van der Waals surface area (Å²) < 4.78 is 1.64. The van der Waals surface area contributed by atoms with Gasteiger partial charge in [-0.3, -0.25) is 0 Å². The van der Waals surface area contributed by atoms with Crippen molar-refractivity contribution in [2.75, 3.05) is 0 Å². The number of rotatable bonds is 2. The smallest absolute Gasteiger partial charge is 0.161 e. The Morgan fingerprint density at radius 2 is 1.94 bits per heavy atom. The van der Waals surface area contributed by atoms with Gasteiger partial charge in [-0.05, 0) is 13.8 Å². The summed E-state index contributed by atoms with van der Waals surface area (Å²) in [7, 11) is 0. The molecule has 2 rings (SSSR count). The highest BCUT2D eigenvalue weighted by Crippen LogP contribution is 2.21. The number of halogens is 2. The van der Waals surface area contributed by atoms with E-state index in [-0.39, 0.29) is 0 Å². The molecule has 0 aliphatic heterocycles. The van der Waals surface area contributed by atoms with Gasteiger partial charge in [-0.15, -0.1) is 0 Å². The van der Waals surface area contributed by atoms with E-state index in [9.17, 15) is 0 Å². The lowest BCUT2D eigenvalue weighted by Crippen LogP contribution is -2.06. The highest BCUT2D eigenvalue weighted by molar-refractivity contribution is 6.31. The van der Waals surface area contributed by atoms with Crippen LogP contribution in [-0.4, -0.2) is 19.7 Å². The van der Waals surface area contributed by atoms with Gasteiger partial charge in [-0.1, -0.05) is 30.1 Å². The number of hydrogen-bond acceptors (Lipinski definition) is 3. The normalized spacial score (nSPS) is 10.9. The summed E-state index contributed by atoms with van der Waals surface area (Å²) in [5, 5.41) is 5.36. The van der Waals surface area contributed by atoms with Crippen molar-refractivity contribution in [1.82, 2.24) is 19.7 Å². The van der Waals surface area contributed by atoms with Gasteiger partial charge in [0.2, 0.25) is 0 Å². The third-order valence-electron chi connectivity index (χ3n) is 2.48. The predicted molar refractivity (Wildman–Crippen MR) is 68.0 cm³/mol. The van der Waals surface area contributed by atoms with E-state index >= 15 is 0 Å². The summed E-state index contributed by atoms with van der Waals surface area (Å²) in [6.07, 6.45) is 2.45. The minimum atomic E-state index is 0.455. The van der Waals surface area contributed by atoms with E-state index in [1.54, 1.807) is 10.9 Å². The van der Waals surface area contributed by atoms with Gasteiger partial charge in [-0.25, -0.2) is 14.6 Å². The van der Waals surface area contributed by atoms with Gasteiger partial charge in [0.25, 0.3) is 0 Å².